The van der Waals surface area contributed by atoms with Crippen molar-refractivity contribution in [1.82, 2.24) is 9.80 Å². The normalized spacial score (nSPS) is 19.3. The van der Waals surface area contributed by atoms with Crippen molar-refractivity contribution in [2.24, 2.45) is 0 Å². The molecule has 344 valence electrons. The number of hydrogen-bond acceptors (Lipinski definition) is 17. The van der Waals surface area contributed by atoms with Gasteiger partial charge in [0.05, 0.1) is 88.3 Å². The van der Waals surface area contributed by atoms with E-state index in [4.69, 9.17) is 32.8 Å². The van der Waals surface area contributed by atoms with Crippen LogP contribution in [0.25, 0.3) is 11.1 Å². The Morgan fingerprint density at radius 3 is 1.55 bits per heavy atom. The van der Waals surface area contributed by atoms with Crippen LogP contribution in [0.2, 0.25) is 0 Å². The number of anilines is 2. The van der Waals surface area contributed by atoms with Gasteiger partial charge in [0.1, 0.15) is 32.4 Å². The van der Waals surface area contributed by atoms with Crippen molar-refractivity contribution in [3.8, 4) is 34.5 Å². The van der Waals surface area contributed by atoms with Crippen LogP contribution in [0.1, 0.15) is 63.9 Å². The number of ether oxygens (including phenoxy) is 6. The zero-order valence-electron chi connectivity index (χ0n) is 37.8. The number of nitrogens with zero attached hydrogens (tertiary/aromatic N) is 2. The Morgan fingerprint density at radius 1 is 0.642 bits per heavy atom. The molecule has 2 amide bonds. The number of carbonyl (C=O) groups excluding carboxylic acids is 2. The number of rotatable bonds is 18. The minimum atomic E-state index is -4.95. The van der Waals surface area contributed by atoms with Crippen molar-refractivity contribution in [3.63, 3.8) is 0 Å². The summed E-state index contributed by atoms with van der Waals surface area (Å²) < 4.78 is 76.8. The van der Waals surface area contributed by atoms with Gasteiger partial charge in [-0.05, 0) is 90.8 Å². The standard InChI is InChI=1S/C45H48N4O14S2.2Na/c1-56-30-12-8-26(9-13-30)28-18-36-42(64-63-62-52)46-34-22-40(38(58-3)20-32(34)44(50)48(36)24-28)60-16-6-5-7-17-61-41-23-35-33(21-39(41)59-4)45(51)49-25-29(27-10-14-31(57-2)15-11-27)19-37(49)43(47-35)65(53,54)55;;/h8-15,20-25,36-37,42-43,46-47,52H,5-7,16-19H2,1-4H3,(H,53,54,55);;/q;2*+1/p-2/t36-,37-,42-,43-;;/m0../s1. The molecule has 4 aromatic carbocycles. The zero-order chi connectivity index (χ0) is 45.8. The monoisotopic (exact) mass is 976 g/mol. The predicted octanol–water partition coefficient (Wildman–Crippen LogP) is -0.212. The van der Waals surface area contributed by atoms with Crippen molar-refractivity contribution in [2.45, 2.75) is 54.9 Å². The number of unbranched alkanes of at least 4 members (excludes halogenated alkanes) is 2. The summed E-state index contributed by atoms with van der Waals surface area (Å²) in [5, 5.41) is 18.5. The first-order valence-electron chi connectivity index (χ1n) is 20.6. The molecule has 0 saturated carbocycles. The summed E-state index contributed by atoms with van der Waals surface area (Å²) in [7, 11) is 1.11. The summed E-state index contributed by atoms with van der Waals surface area (Å²) in [5.74, 6) is 1.83. The second kappa shape index (κ2) is 23.0. The molecule has 18 nitrogen and oxygen atoms in total. The fraction of sp³-hybridized carbons (Fsp3) is 0.333. The molecular formula is C45H46N4Na2O14S2. The minimum Gasteiger partial charge on any atom is -0.746 e. The van der Waals surface area contributed by atoms with Crippen LogP contribution in [-0.2, 0) is 19.5 Å². The van der Waals surface area contributed by atoms with Gasteiger partial charge < -0.3 is 58.7 Å². The number of methoxy groups -OCH3 is 4. The van der Waals surface area contributed by atoms with E-state index in [0.29, 0.717) is 72.1 Å². The first-order chi connectivity index (χ1) is 31.4. The van der Waals surface area contributed by atoms with Crippen LogP contribution >= 0.6 is 12.0 Å². The topological polar surface area (TPSA) is 219 Å². The maximum atomic E-state index is 14.1. The van der Waals surface area contributed by atoms with Crippen LogP contribution in [0.4, 0.5) is 11.4 Å². The molecule has 22 heteroatoms. The van der Waals surface area contributed by atoms with E-state index in [1.54, 1.807) is 67.9 Å². The summed E-state index contributed by atoms with van der Waals surface area (Å²) in [4.78, 5) is 31.0. The molecule has 0 aliphatic carbocycles. The molecule has 0 unspecified atom stereocenters. The largest absolute Gasteiger partial charge is 1.00 e. The molecule has 8 rings (SSSR count). The quantitative estimate of drug-likeness (QED) is 0.0329. The van der Waals surface area contributed by atoms with Crippen molar-refractivity contribution in [1.29, 1.82) is 0 Å². The first-order valence-corrected chi connectivity index (χ1v) is 22.9. The van der Waals surface area contributed by atoms with Gasteiger partial charge in [-0.3, -0.25) is 14.6 Å². The van der Waals surface area contributed by atoms with Gasteiger partial charge in [0.2, 0.25) is 0 Å². The molecule has 0 radical (unpaired) electrons. The van der Waals surface area contributed by atoms with Gasteiger partial charge in [-0.25, -0.2) is 8.42 Å². The third-order valence-electron chi connectivity index (χ3n) is 11.7. The fourth-order valence-corrected chi connectivity index (χ4v) is 9.92. The van der Waals surface area contributed by atoms with E-state index >= 15 is 0 Å². The van der Waals surface area contributed by atoms with Crippen molar-refractivity contribution in [2.75, 3.05) is 52.3 Å². The molecular weight excluding hydrogens is 931 g/mol. The second-order valence-electron chi connectivity index (χ2n) is 15.4. The van der Waals surface area contributed by atoms with Crippen LogP contribution in [0, 0.1) is 0 Å². The van der Waals surface area contributed by atoms with E-state index in [2.05, 4.69) is 15.7 Å². The van der Waals surface area contributed by atoms with Crippen LogP contribution in [0.5, 0.6) is 34.5 Å². The van der Waals surface area contributed by atoms with Gasteiger partial charge in [-0.1, -0.05) is 24.3 Å². The fourth-order valence-electron chi connectivity index (χ4n) is 8.39. The number of hydrogen-bond donors (Lipinski definition) is 2. The second-order valence-corrected chi connectivity index (χ2v) is 17.8. The number of carbonyl (C=O) groups is 2. The average Bonchev–Trinajstić information content (AvgIpc) is 3.92. The molecule has 4 aliphatic heterocycles. The zero-order valence-corrected chi connectivity index (χ0v) is 43.4. The molecule has 4 aromatic rings. The summed E-state index contributed by atoms with van der Waals surface area (Å²) in [6, 6.07) is 19.5. The van der Waals surface area contributed by atoms with Gasteiger partial charge in [-0.2, -0.15) is 4.33 Å². The van der Waals surface area contributed by atoms with Gasteiger partial charge >= 0.3 is 59.1 Å². The Morgan fingerprint density at radius 2 is 1.10 bits per heavy atom. The van der Waals surface area contributed by atoms with Gasteiger partial charge in [0, 0.05) is 24.5 Å². The van der Waals surface area contributed by atoms with E-state index in [-0.39, 0.29) is 101 Å². The molecule has 4 atom stereocenters. The number of benzene rings is 4. The summed E-state index contributed by atoms with van der Waals surface area (Å²) in [5.41, 5.74) is 4.34. The van der Waals surface area contributed by atoms with Crippen molar-refractivity contribution < 1.29 is 125 Å². The van der Waals surface area contributed by atoms with Gasteiger partial charge in [0.25, 0.3) is 11.8 Å². The number of nitrogens with one attached hydrogen (secondary N) is 2. The maximum Gasteiger partial charge on any atom is 1.00 e. The van der Waals surface area contributed by atoms with E-state index in [9.17, 15) is 27.8 Å². The maximum absolute atomic E-state index is 14.1. The molecule has 4 aliphatic rings. The van der Waals surface area contributed by atoms with Crippen LogP contribution < -0.4 is 103 Å². The third kappa shape index (κ3) is 11.3. The van der Waals surface area contributed by atoms with Gasteiger partial charge in [0.15, 0.2) is 23.0 Å². The molecule has 0 spiro atoms. The first kappa shape index (κ1) is 52.2. The Kier molecular flexibility index (Phi) is 17.9. The molecule has 0 saturated heterocycles. The molecule has 0 aromatic heterocycles. The molecule has 0 fully saturated rings. The molecule has 67 heavy (non-hydrogen) atoms. The van der Waals surface area contributed by atoms with Crippen LogP contribution in [0.3, 0.4) is 0 Å². The third-order valence-corrected chi connectivity index (χ3v) is 13.5. The smallest absolute Gasteiger partial charge is 0.746 e. The Balaban J connectivity index is 0.00000370. The molecule has 0 bridgehead atoms. The van der Waals surface area contributed by atoms with Gasteiger partial charge in [-0.15, -0.1) is 0 Å². The van der Waals surface area contributed by atoms with E-state index in [1.807, 2.05) is 24.3 Å². The molecule has 4 heterocycles. The Hall–Kier alpha value is -4.16. The summed E-state index contributed by atoms with van der Waals surface area (Å²) in [6.07, 6.45) is 5.86. The van der Waals surface area contributed by atoms with E-state index in [0.717, 1.165) is 28.7 Å². The van der Waals surface area contributed by atoms with Crippen LogP contribution in [0.15, 0.2) is 85.2 Å². The summed E-state index contributed by atoms with van der Waals surface area (Å²) in [6.45, 7) is 0.534. The Labute approximate surface area is 436 Å². The number of fused-ring (bicyclic) bond motifs is 4. The van der Waals surface area contributed by atoms with E-state index < -0.39 is 38.9 Å². The SMILES string of the molecule is COc1ccc(C2=CN3C(=O)c4cc(OC)c(OCCCCCOc5cc6c(cc5OC)C(=O)N5C=C(c7ccc(OC)cc7)C[C@H]5[C@H](SOO[O-])N6)cc4N[C@@H](S(=O)(=O)[O-])[C@@H]3C2)cc1.[Na+].[Na+]. The average molecular weight is 977 g/mol. The summed E-state index contributed by atoms with van der Waals surface area (Å²) >= 11 is 0.767. The van der Waals surface area contributed by atoms with Crippen LogP contribution in [-0.4, -0.2) is 99.1 Å². The molecule has 2 N–H and O–H groups in total. The van der Waals surface area contributed by atoms with E-state index in [1.165, 1.54) is 31.3 Å². The van der Waals surface area contributed by atoms with Crippen molar-refractivity contribution >= 4 is 56.5 Å². The van der Waals surface area contributed by atoms with Crippen molar-refractivity contribution in [3.05, 3.63) is 107 Å². The Bertz CT molecular complexity index is 2600. The number of amides is 2. The predicted molar refractivity (Wildman–Crippen MR) is 236 cm³/mol. The minimum absolute atomic E-state index is 0.